The number of benzene rings is 2. The van der Waals surface area contributed by atoms with Crippen molar-refractivity contribution in [3.8, 4) is 5.75 Å². The van der Waals surface area contributed by atoms with Gasteiger partial charge in [-0.1, -0.05) is 30.4 Å². The van der Waals surface area contributed by atoms with Gasteiger partial charge in [0, 0.05) is 31.9 Å². The second-order valence-electron chi connectivity index (χ2n) is 9.96. The minimum atomic E-state index is -4.32. The fraction of sp³-hybridized carbons (Fsp3) is 0.485. The van der Waals surface area contributed by atoms with Crippen LogP contribution in [0.25, 0.3) is 23.3 Å². The highest BCUT2D eigenvalue weighted by molar-refractivity contribution is 5.75. The zero-order valence-corrected chi connectivity index (χ0v) is 26.3. The molecule has 3 rings (SSSR count). The van der Waals surface area contributed by atoms with E-state index in [0.717, 1.165) is 16.8 Å². The standard InChI is InChI=1S/C33H43F3N2O8/c1-38(2)28-9-7-27(8-10-28)5-3-4-6-32-37-30-12-11-29(25-31(30)46-32)45-24-23-43-20-19-41-16-15-39-13-14-40-17-18-42-21-22-44-26-33(34,35)36/h3-12,25H,13-24,26H2,1-2H3/b5-3+,6-4+. The van der Waals surface area contributed by atoms with Crippen LogP contribution < -0.4 is 9.64 Å². The Morgan fingerprint density at radius 1 is 0.674 bits per heavy atom. The van der Waals surface area contributed by atoms with Crippen LogP contribution in [0.1, 0.15) is 11.5 Å². The fourth-order valence-corrected chi connectivity index (χ4v) is 3.78. The zero-order chi connectivity index (χ0) is 32.9. The van der Waals surface area contributed by atoms with Gasteiger partial charge in [0.2, 0.25) is 5.89 Å². The van der Waals surface area contributed by atoms with Gasteiger partial charge in [-0.05, 0) is 29.8 Å². The van der Waals surface area contributed by atoms with Crippen LogP contribution in [0, 0.1) is 0 Å². The van der Waals surface area contributed by atoms with E-state index in [1.807, 2.05) is 56.6 Å². The quantitative estimate of drug-likeness (QED) is 0.0892. The van der Waals surface area contributed by atoms with E-state index in [2.05, 4.69) is 38.9 Å². The third kappa shape index (κ3) is 16.2. The molecule has 0 bridgehead atoms. The molecule has 0 atom stereocenters. The number of ether oxygens (including phenoxy) is 7. The molecule has 0 N–H and O–H groups in total. The van der Waals surface area contributed by atoms with Gasteiger partial charge in [0.15, 0.2) is 5.58 Å². The lowest BCUT2D eigenvalue weighted by Gasteiger charge is -2.11. The molecular formula is C33H43F3N2O8. The molecular weight excluding hydrogens is 609 g/mol. The van der Waals surface area contributed by atoms with Crippen LogP contribution in [0.4, 0.5) is 18.9 Å². The molecule has 0 aliphatic heterocycles. The highest BCUT2D eigenvalue weighted by Crippen LogP contribution is 2.22. The second kappa shape index (κ2) is 21.4. The number of hydrogen-bond acceptors (Lipinski definition) is 10. The first-order valence-electron chi connectivity index (χ1n) is 15.0. The summed E-state index contributed by atoms with van der Waals surface area (Å²) in [5.41, 5.74) is 3.66. The van der Waals surface area contributed by atoms with E-state index in [0.29, 0.717) is 76.7 Å². The molecule has 254 valence electrons. The van der Waals surface area contributed by atoms with Gasteiger partial charge in [0.05, 0.1) is 72.7 Å². The van der Waals surface area contributed by atoms with Crippen molar-refractivity contribution < 1.29 is 50.7 Å². The molecule has 0 unspecified atom stereocenters. The molecule has 46 heavy (non-hydrogen) atoms. The summed E-state index contributed by atoms with van der Waals surface area (Å²) < 4.78 is 78.6. The first-order chi connectivity index (χ1) is 22.3. The molecule has 10 nitrogen and oxygen atoms in total. The lowest BCUT2D eigenvalue weighted by Crippen LogP contribution is -2.19. The van der Waals surface area contributed by atoms with Crippen molar-refractivity contribution in [3.05, 3.63) is 66.1 Å². The lowest BCUT2D eigenvalue weighted by molar-refractivity contribution is -0.176. The van der Waals surface area contributed by atoms with E-state index in [9.17, 15) is 13.2 Å². The van der Waals surface area contributed by atoms with Gasteiger partial charge in [-0.2, -0.15) is 13.2 Å². The summed E-state index contributed by atoms with van der Waals surface area (Å²) in [7, 11) is 4.03. The van der Waals surface area contributed by atoms with Crippen molar-refractivity contribution in [1.82, 2.24) is 4.98 Å². The summed E-state index contributed by atoms with van der Waals surface area (Å²) in [6.45, 7) is 2.56. The molecule has 3 aromatic rings. The molecule has 0 aliphatic carbocycles. The summed E-state index contributed by atoms with van der Waals surface area (Å²) in [6, 6.07) is 13.8. The average Bonchev–Trinajstić information content (AvgIpc) is 3.44. The normalized spacial score (nSPS) is 12.2. The summed E-state index contributed by atoms with van der Waals surface area (Å²) in [5.74, 6) is 1.18. The number of alkyl halides is 3. The SMILES string of the molecule is CN(C)c1ccc(/C=C/C=C/c2nc3ccc(OCCOCCOCCOCCOCCOCCOCC(F)(F)F)cc3o2)cc1. The van der Waals surface area contributed by atoms with Crippen molar-refractivity contribution in [2.24, 2.45) is 0 Å². The number of rotatable bonds is 24. The summed E-state index contributed by atoms with van der Waals surface area (Å²) >= 11 is 0. The third-order valence-corrected chi connectivity index (χ3v) is 6.05. The smallest absolute Gasteiger partial charge is 0.411 e. The number of fused-ring (bicyclic) bond motifs is 1. The Morgan fingerprint density at radius 3 is 1.74 bits per heavy atom. The second-order valence-corrected chi connectivity index (χ2v) is 9.96. The van der Waals surface area contributed by atoms with Crippen LogP contribution in [0.2, 0.25) is 0 Å². The number of aromatic nitrogens is 1. The van der Waals surface area contributed by atoms with Crippen molar-refractivity contribution >= 4 is 28.9 Å². The van der Waals surface area contributed by atoms with E-state index in [1.54, 1.807) is 0 Å². The molecule has 0 amide bonds. The molecule has 0 fully saturated rings. The summed E-state index contributed by atoms with van der Waals surface area (Å²) in [5, 5.41) is 0. The monoisotopic (exact) mass is 652 g/mol. The van der Waals surface area contributed by atoms with Crippen molar-refractivity contribution in [3.63, 3.8) is 0 Å². The lowest BCUT2D eigenvalue weighted by atomic mass is 10.2. The maximum atomic E-state index is 11.9. The van der Waals surface area contributed by atoms with Crippen molar-refractivity contribution in [2.45, 2.75) is 6.18 Å². The Bertz CT molecular complexity index is 1300. The van der Waals surface area contributed by atoms with Gasteiger partial charge in [0.25, 0.3) is 0 Å². The average molecular weight is 653 g/mol. The maximum absolute atomic E-state index is 11.9. The molecule has 1 heterocycles. The number of anilines is 1. The molecule has 13 heteroatoms. The van der Waals surface area contributed by atoms with Gasteiger partial charge in [-0.3, -0.25) is 0 Å². The first-order valence-corrected chi connectivity index (χ1v) is 15.0. The Balaban J connectivity index is 1.14. The van der Waals surface area contributed by atoms with E-state index in [1.165, 1.54) is 0 Å². The minimum absolute atomic E-state index is 0.0802. The molecule has 2 aromatic carbocycles. The predicted octanol–water partition coefficient (Wildman–Crippen LogP) is 5.66. The zero-order valence-electron chi connectivity index (χ0n) is 26.3. The van der Waals surface area contributed by atoms with Gasteiger partial charge in [-0.15, -0.1) is 0 Å². The molecule has 0 saturated heterocycles. The van der Waals surface area contributed by atoms with Gasteiger partial charge in [-0.25, -0.2) is 4.98 Å². The van der Waals surface area contributed by atoms with Crippen LogP contribution in [0.3, 0.4) is 0 Å². The Hall–Kier alpha value is -3.46. The van der Waals surface area contributed by atoms with Crippen LogP contribution >= 0.6 is 0 Å². The van der Waals surface area contributed by atoms with Crippen LogP contribution in [0.5, 0.6) is 5.75 Å². The highest BCUT2D eigenvalue weighted by atomic mass is 19.4. The number of halogens is 3. The van der Waals surface area contributed by atoms with Gasteiger partial charge >= 0.3 is 6.18 Å². The first kappa shape index (κ1) is 37.0. The number of hydrogen-bond donors (Lipinski definition) is 0. The predicted molar refractivity (Wildman–Crippen MR) is 169 cm³/mol. The molecule has 0 aliphatic rings. The van der Waals surface area contributed by atoms with Crippen LogP contribution in [-0.2, 0) is 28.4 Å². The summed E-state index contributed by atoms with van der Waals surface area (Å²) in [6.07, 6.45) is 3.36. The fourth-order valence-electron chi connectivity index (χ4n) is 3.78. The summed E-state index contributed by atoms with van der Waals surface area (Å²) in [4.78, 5) is 6.55. The topological polar surface area (TPSA) is 93.9 Å². The van der Waals surface area contributed by atoms with E-state index < -0.39 is 12.8 Å². The Morgan fingerprint density at radius 2 is 1.20 bits per heavy atom. The number of nitrogens with zero attached hydrogens (tertiary/aromatic N) is 2. The molecule has 0 radical (unpaired) electrons. The van der Waals surface area contributed by atoms with Crippen molar-refractivity contribution in [1.29, 1.82) is 0 Å². The Labute approximate surface area is 267 Å². The van der Waals surface area contributed by atoms with E-state index in [4.69, 9.17) is 32.8 Å². The van der Waals surface area contributed by atoms with Crippen molar-refractivity contribution in [2.75, 3.05) is 105 Å². The highest BCUT2D eigenvalue weighted by Gasteiger charge is 2.27. The third-order valence-electron chi connectivity index (χ3n) is 6.05. The van der Waals surface area contributed by atoms with E-state index in [-0.39, 0.29) is 19.8 Å². The number of oxazole rings is 1. The van der Waals surface area contributed by atoms with Gasteiger partial charge in [0.1, 0.15) is 24.5 Å². The maximum Gasteiger partial charge on any atom is 0.411 e. The van der Waals surface area contributed by atoms with Crippen LogP contribution in [0.15, 0.2) is 59.0 Å². The largest absolute Gasteiger partial charge is 0.491 e. The number of allylic oxidation sites excluding steroid dienone is 2. The molecule has 0 spiro atoms. The minimum Gasteiger partial charge on any atom is -0.491 e. The van der Waals surface area contributed by atoms with Gasteiger partial charge < -0.3 is 42.5 Å². The Kier molecular flexibility index (Phi) is 17.2. The van der Waals surface area contributed by atoms with Crippen LogP contribution in [-0.4, -0.2) is 111 Å². The molecule has 1 aromatic heterocycles. The molecule has 0 saturated carbocycles. The van der Waals surface area contributed by atoms with E-state index >= 15 is 0 Å².